The molecule has 2 saturated heterocycles. The Kier molecular flexibility index (Phi) is 6.65. The standard InChI is InChI=1S/C27H29FN4O4/c28-20-5-8-23(19(11-20)12-29)32-21-6-7-22(32)10-16(9-21)13-30-26(35)24(33)25(34)27(36)31-14-17-3-1-2-4-18(17)15-31/h1-5,8,11,16,21-22,24-25,33-34H,6-7,9-10,13-15H2,(H,30,35)/t16?,21-,22+,24-,25-/m1/s1. The molecule has 3 aliphatic heterocycles. The number of halogens is 1. The molecule has 2 bridgehead atoms. The molecule has 1 unspecified atom stereocenters. The topological polar surface area (TPSA) is 117 Å². The zero-order valence-electron chi connectivity index (χ0n) is 19.8. The summed E-state index contributed by atoms with van der Waals surface area (Å²) >= 11 is 0. The minimum absolute atomic E-state index is 0.154. The molecule has 0 saturated carbocycles. The SMILES string of the molecule is N#Cc1cc(F)ccc1N1[C@@H]2CC[C@H]1CC(CNC(=O)[C@H](O)[C@@H](O)C(=O)N1Cc3ccccc3C1)C2. The van der Waals surface area contributed by atoms with Crippen molar-refractivity contribution in [3.8, 4) is 6.07 Å². The fraction of sp³-hybridized carbons (Fsp3) is 0.444. The van der Waals surface area contributed by atoms with Crippen LogP contribution in [0.1, 0.15) is 42.4 Å². The van der Waals surface area contributed by atoms with E-state index in [9.17, 15) is 29.5 Å². The van der Waals surface area contributed by atoms with Gasteiger partial charge in [0, 0.05) is 31.7 Å². The van der Waals surface area contributed by atoms with Gasteiger partial charge in [-0.15, -0.1) is 0 Å². The van der Waals surface area contributed by atoms with E-state index in [2.05, 4.69) is 16.3 Å². The van der Waals surface area contributed by atoms with Gasteiger partial charge in [0.05, 0.1) is 11.3 Å². The van der Waals surface area contributed by atoms with Crippen LogP contribution in [0.2, 0.25) is 0 Å². The largest absolute Gasteiger partial charge is 0.380 e. The maximum atomic E-state index is 13.6. The molecule has 5 atom stereocenters. The van der Waals surface area contributed by atoms with Crippen molar-refractivity contribution in [1.82, 2.24) is 10.2 Å². The number of nitrogens with one attached hydrogen (secondary N) is 1. The molecule has 0 aromatic heterocycles. The first kappa shape index (κ1) is 24.2. The van der Waals surface area contributed by atoms with Crippen LogP contribution < -0.4 is 10.2 Å². The molecular weight excluding hydrogens is 463 g/mol. The van der Waals surface area contributed by atoms with E-state index >= 15 is 0 Å². The third-order valence-corrected chi connectivity index (χ3v) is 7.73. The number of fused-ring (bicyclic) bond motifs is 3. The van der Waals surface area contributed by atoms with E-state index in [-0.39, 0.29) is 18.0 Å². The van der Waals surface area contributed by atoms with Crippen LogP contribution in [0.3, 0.4) is 0 Å². The van der Waals surface area contributed by atoms with Crippen molar-refractivity contribution in [2.75, 3.05) is 11.4 Å². The first-order chi connectivity index (χ1) is 17.4. The van der Waals surface area contributed by atoms with Crippen molar-refractivity contribution >= 4 is 17.5 Å². The number of carbonyl (C=O) groups is 2. The van der Waals surface area contributed by atoms with Crippen LogP contribution in [-0.2, 0) is 22.7 Å². The minimum Gasteiger partial charge on any atom is -0.380 e. The fourth-order valence-corrected chi connectivity index (χ4v) is 5.98. The van der Waals surface area contributed by atoms with Gasteiger partial charge in [0.2, 0.25) is 0 Å². The van der Waals surface area contributed by atoms with Crippen molar-refractivity contribution < 1.29 is 24.2 Å². The zero-order valence-corrected chi connectivity index (χ0v) is 19.8. The minimum atomic E-state index is -1.85. The van der Waals surface area contributed by atoms with Gasteiger partial charge in [-0.25, -0.2) is 4.39 Å². The van der Waals surface area contributed by atoms with E-state index in [1.807, 2.05) is 24.3 Å². The second-order valence-electron chi connectivity index (χ2n) is 10.0. The molecule has 2 aromatic rings. The molecule has 2 aromatic carbocycles. The summed E-state index contributed by atoms with van der Waals surface area (Å²) in [5, 5.41) is 32.9. The van der Waals surface area contributed by atoms with Gasteiger partial charge in [0.25, 0.3) is 11.8 Å². The average Bonchev–Trinajstić information content (AvgIpc) is 3.43. The van der Waals surface area contributed by atoms with E-state index in [0.717, 1.165) is 42.5 Å². The number of carbonyl (C=O) groups excluding carboxylic acids is 2. The molecule has 0 spiro atoms. The maximum Gasteiger partial charge on any atom is 0.255 e. The summed E-state index contributed by atoms with van der Waals surface area (Å²) in [6, 6.07) is 14.3. The van der Waals surface area contributed by atoms with Gasteiger partial charge in [-0.1, -0.05) is 24.3 Å². The van der Waals surface area contributed by atoms with Gasteiger partial charge in [0.1, 0.15) is 11.9 Å². The number of nitriles is 1. The molecule has 36 heavy (non-hydrogen) atoms. The van der Waals surface area contributed by atoms with Crippen LogP contribution in [-0.4, -0.2) is 57.8 Å². The number of aliphatic hydroxyl groups excluding tert-OH is 2. The van der Waals surface area contributed by atoms with Gasteiger partial charge in [0.15, 0.2) is 12.2 Å². The molecular formula is C27H29FN4O4. The predicted molar refractivity (Wildman–Crippen MR) is 129 cm³/mol. The molecule has 8 nitrogen and oxygen atoms in total. The number of hydrogen-bond donors (Lipinski definition) is 3. The molecule has 3 aliphatic rings. The first-order valence-corrected chi connectivity index (χ1v) is 12.3. The number of amides is 2. The summed E-state index contributed by atoms with van der Waals surface area (Å²) in [4.78, 5) is 28.9. The molecule has 0 radical (unpaired) electrons. The fourth-order valence-electron chi connectivity index (χ4n) is 5.98. The molecule has 188 valence electrons. The lowest BCUT2D eigenvalue weighted by molar-refractivity contribution is -0.153. The second-order valence-corrected chi connectivity index (χ2v) is 10.0. The monoisotopic (exact) mass is 492 g/mol. The Labute approximate surface area is 208 Å². The number of hydrogen-bond acceptors (Lipinski definition) is 6. The Morgan fingerprint density at radius 1 is 1.06 bits per heavy atom. The lowest BCUT2D eigenvalue weighted by Gasteiger charge is -2.41. The maximum absolute atomic E-state index is 13.6. The second kappa shape index (κ2) is 9.88. The van der Waals surface area contributed by atoms with E-state index in [1.54, 1.807) is 6.07 Å². The van der Waals surface area contributed by atoms with E-state index < -0.39 is 29.8 Å². The summed E-state index contributed by atoms with van der Waals surface area (Å²) in [5.74, 6) is -1.73. The molecule has 5 rings (SSSR count). The van der Waals surface area contributed by atoms with Gasteiger partial charge in [-0.3, -0.25) is 9.59 Å². The van der Waals surface area contributed by atoms with Crippen molar-refractivity contribution in [2.45, 2.75) is 63.1 Å². The molecule has 2 fully saturated rings. The lowest BCUT2D eigenvalue weighted by atomic mass is 9.89. The lowest BCUT2D eigenvalue weighted by Crippen LogP contribution is -2.51. The highest BCUT2D eigenvalue weighted by molar-refractivity contribution is 5.91. The van der Waals surface area contributed by atoms with Crippen molar-refractivity contribution in [3.05, 3.63) is 65.0 Å². The van der Waals surface area contributed by atoms with Crippen molar-refractivity contribution in [1.29, 1.82) is 5.26 Å². The van der Waals surface area contributed by atoms with Crippen LogP contribution in [0.15, 0.2) is 42.5 Å². The molecule has 3 N–H and O–H groups in total. The van der Waals surface area contributed by atoms with Gasteiger partial charge < -0.3 is 25.3 Å². The number of anilines is 1. The number of nitrogens with zero attached hydrogens (tertiary/aromatic N) is 3. The molecule has 2 amide bonds. The van der Waals surface area contributed by atoms with Crippen LogP contribution in [0.5, 0.6) is 0 Å². The summed E-state index contributed by atoms with van der Waals surface area (Å²) < 4.78 is 13.6. The van der Waals surface area contributed by atoms with E-state index in [4.69, 9.17) is 0 Å². The number of benzene rings is 2. The van der Waals surface area contributed by atoms with Gasteiger partial charge in [-0.05, 0) is 60.9 Å². The van der Waals surface area contributed by atoms with Gasteiger partial charge in [-0.2, -0.15) is 5.26 Å². The zero-order chi connectivity index (χ0) is 25.4. The Hall–Kier alpha value is -3.48. The smallest absolute Gasteiger partial charge is 0.255 e. The van der Waals surface area contributed by atoms with Gasteiger partial charge >= 0.3 is 0 Å². The molecule has 0 aliphatic carbocycles. The summed E-state index contributed by atoms with van der Waals surface area (Å²) in [5.41, 5.74) is 3.04. The normalized spacial score (nSPS) is 24.1. The summed E-state index contributed by atoms with van der Waals surface area (Å²) in [7, 11) is 0. The first-order valence-electron chi connectivity index (χ1n) is 12.3. The highest BCUT2D eigenvalue weighted by atomic mass is 19.1. The number of piperidine rings is 1. The van der Waals surface area contributed by atoms with Crippen molar-refractivity contribution in [2.24, 2.45) is 5.92 Å². The highest BCUT2D eigenvalue weighted by Crippen LogP contribution is 2.42. The van der Waals surface area contributed by atoms with E-state index in [1.165, 1.54) is 17.0 Å². The highest BCUT2D eigenvalue weighted by Gasteiger charge is 2.42. The van der Waals surface area contributed by atoms with Crippen LogP contribution in [0.4, 0.5) is 10.1 Å². The Morgan fingerprint density at radius 3 is 2.31 bits per heavy atom. The molecule has 9 heteroatoms. The third-order valence-electron chi connectivity index (χ3n) is 7.73. The summed E-state index contributed by atoms with van der Waals surface area (Å²) in [6.07, 6.45) is -0.224. The average molecular weight is 493 g/mol. The Morgan fingerprint density at radius 2 is 1.69 bits per heavy atom. The molecule has 3 heterocycles. The van der Waals surface area contributed by atoms with E-state index in [0.29, 0.717) is 25.2 Å². The van der Waals surface area contributed by atoms with Crippen LogP contribution >= 0.6 is 0 Å². The Balaban J connectivity index is 1.15. The third kappa shape index (κ3) is 4.54. The van der Waals surface area contributed by atoms with Crippen LogP contribution in [0.25, 0.3) is 0 Å². The Bertz CT molecular complexity index is 1180. The quantitative estimate of drug-likeness (QED) is 0.567. The summed E-state index contributed by atoms with van der Waals surface area (Å²) in [6.45, 7) is 0.994. The number of aliphatic hydroxyl groups is 2. The number of rotatable bonds is 6. The van der Waals surface area contributed by atoms with Crippen LogP contribution in [0, 0.1) is 23.1 Å². The van der Waals surface area contributed by atoms with Crippen molar-refractivity contribution in [3.63, 3.8) is 0 Å². The predicted octanol–water partition coefficient (Wildman–Crippen LogP) is 1.83.